The molecule has 0 aliphatic heterocycles. The second-order valence-corrected chi connectivity index (χ2v) is 8.62. The minimum Gasteiger partial charge on any atom is -0.497 e. The van der Waals surface area contributed by atoms with E-state index in [1.54, 1.807) is 36.4 Å². The van der Waals surface area contributed by atoms with Crippen LogP contribution in [-0.2, 0) is 14.8 Å². The van der Waals surface area contributed by atoms with Gasteiger partial charge in [-0.1, -0.05) is 6.07 Å². The number of hydrogen-bond acceptors (Lipinski definition) is 5. The summed E-state index contributed by atoms with van der Waals surface area (Å²) in [4.78, 5) is 12.7. The molecule has 1 amide bonds. The standard InChI is InChI=1S/C23H22N4O4S/c1-15-11-17(16(2)27(15)20-7-9-22(10-8-20)32(25,29)30)12-18(14-24)23(28)26-19-5-4-6-21(13-19)31-3/h4-13H,1-3H3,(H,26,28)(H2,25,29,30)/b18-12-. The number of amides is 1. The molecule has 3 rings (SSSR count). The number of carbonyl (C=O) groups excluding carboxylic acids is 1. The first-order valence-electron chi connectivity index (χ1n) is 9.53. The maximum Gasteiger partial charge on any atom is 0.266 e. The van der Waals surface area contributed by atoms with Crippen LogP contribution in [0.25, 0.3) is 11.8 Å². The zero-order valence-corrected chi connectivity index (χ0v) is 18.6. The number of nitriles is 1. The highest BCUT2D eigenvalue weighted by atomic mass is 32.2. The van der Waals surface area contributed by atoms with Gasteiger partial charge in [0.15, 0.2) is 0 Å². The molecule has 32 heavy (non-hydrogen) atoms. The van der Waals surface area contributed by atoms with Crippen molar-refractivity contribution in [3.63, 3.8) is 0 Å². The fourth-order valence-electron chi connectivity index (χ4n) is 3.32. The normalized spacial score (nSPS) is 11.7. The van der Waals surface area contributed by atoms with Crippen LogP contribution in [0.1, 0.15) is 17.0 Å². The number of nitrogens with two attached hydrogens (primary N) is 1. The van der Waals surface area contributed by atoms with Gasteiger partial charge in [-0.25, -0.2) is 13.6 Å². The van der Waals surface area contributed by atoms with Crippen molar-refractivity contribution < 1.29 is 17.9 Å². The number of methoxy groups -OCH3 is 1. The number of rotatable bonds is 6. The fraction of sp³-hybridized carbons (Fsp3) is 0.130. The molecule has 9 heteroatoms. The second kappa shape index (κ2) is 9.09. The molecule has 0 bridgehead atoms. The molecule has 0 aliphatic rings. The molecule has 2 aromatic carbocycles. The van der Waals surface area contributed by atoms with Gasteiger partial charge in [-0.3, -0.25) is 4.79 Å². The number of hydrogen-bond donors (Lipinski definition) is 2. The highest BCUT2D eigenvalue weighted by Crippen LogP contribution is 2.24. The first kappa shape index (κ1) is 22.8. The van der Waals surface area contributed by atoms with Crippen LogP contribution in [0.5, 0.6) is 5.75 Å². The first-order valence-corrected chi connectivity index (χ1v) is 11.1. The Morgan fingerprint density at radius 1 is 1.16 bits per heavy atom. The molecule has 1 heterocycles. The Labute approximate surface area is 186 Å². The third-order valence-corrected chi connectivity index (χ3v) is 5.82. The summed E-state index contributed by atoms with van der Waals surface area (Å²) in [5.41, 5.74) is 3.51. The molecule has 0 unspecified atom stereocenters. The first-order chi connectivity index (χ1) is 15.1. The van der Waals surface area contributed by atoms with Crippen LogP contribution in [0.3, 0.4) is 0 Å². The van der Waals surface area contributed by atoms with E-state index in [9.17, 15) is 18.5 Å². The topological polar surface area (TPSA) is 127 Å². The number of benzene rings is 2. The minimum absolute atomic E-state index is 0.0183. The van der Waals surface area contributed by atoms with Crippen molar-refractivity contribution in [2.75, 3.05) is 12.4 Å². The summed E-state index contributed by atoms with van der Waals surface area (Å²) in [6.45, 7) is 3.72. The number of sulfonamides is 1. The molecular weight excluding hydrogens is 428 g/mol. The molecule has 3 N–H and O–H groups in total. The highest BCUT2D eigenvalue weighted by molar-refractivity contribution is 7.89. The fourth-order valence-corrected chi connectivity index (χ4v) is 3.83. The molecule has 0 fully saturated rings. The molecule has 0 saturated carbocycles. The summed E-state index contributed by atoms with van der Waals surface area (Å²) in [6, 6.07) is 16.8. The Morgan fingerprint density at radius 3 is 2.44 bits per heavy atom. The molecule has 0 aliphatic carbocycles. The van der Waals surface area contributed by atoms with Gasteiger partial charge >= 0.3 is 0 Å². The predicted molar refractivity (Wildman–Crippen MR) is 122 cm³/mol. The largest absolute Gasteiger partial charge is 0.497 e. The van der Waals surface area contributed by atoms with E-state index >= 15 is 0 Å². The smallest absolute Gasteiger partial charge is 0.266 e. The maximum absolute atomic E-state index is 12.6. The summed E-state index contributed by atoms with van der Waals surface area (Å²) in [5, 5.41) is 17.4. The van der Waals surface area contributed by atoms with E-state index in [-0.39, 0.29) is 10.5 Å². The van der Waals surface area contributed by atoms with Gasteiger partial charge in [0, 0.05) is 28.8 Å². The van der Waals surface area contributed by atoms with Crippen LogP contribution >= 0.6 is 0 Å². The van der Waals surface area contributed by atoms with Crippen molar-refractivity contribution in [2.24, 2.45) is 5.14 Å². The molecule has 0 radical (unpaired) electrons. The van der Waals surface area contributed by atoms with Crippen LogP contribution in [0, 0.1) is 25.2 Å². The van der Waals surface area contributed by atoms with Crippen LogP contribution in [0.2, 0.25) is 0 Å². The summed E-state index contributed by atoms with van der Waals surface area (Å²) in [7, 11) is -2.26. The van der Waals surface area contributed by atoms with E-state index < -0.39 is 15.9 Å². The third-order valence-electron chi connectivity index (χ3n) is 4.89. The number of aryl methyl sites for hydroxylation is 1. The van der Waals surface area contributed by atoms with Gasteiger partial charge in [-0.05, 0) is 68.0 Å². The highest BCUT2D eigenvalue weighted by Gasteiger charge is 2.15. The van der Waals surface area contributed by atoms with Crippen molar-refractivity contribution in [3.05, 3.63) is 77.1 Å². The Bertz CT molecular complexity index is 1350. The van der Waals surface area contributed by atoms with E-state index in [0.29, 0.717) is 17.0 Å². The molecule has 0 saturated heterocycles. The van der Waals surface area contributed by atoms with Crippen LogP contribution in [0.4, 0.5) is 5.69 Å². The van der Waals surface area contributed by atoms with Crippen molar-refractivity contribution >= 4 is 27.7 Å². The van der Waals surface area contributed by atoms with Crippen LogP contribution < -0.4 is 15.2 Å². The quantitative estimate of drug-likeness (QED) is 0.440. The lowest BCUT2D eigenvalue weighted by atomic mass is 10.1. The van der Waals surface area contributed by atoms with Gasteiger partial charge in [-0.2, -0.15) is 5.26 Å². The SMILES string of the molecule is COc1cccc(NC(=O)/C(C#N)=C\c2cc(C)n(-c3ccc(S(N)(=O)=O)cc3)c2C)c1. The molecule has 8 nitrogen and oxygen atoms in total. The molecule has 0 spiro atoms. The predicted octanol–water partition coefficient (Wildman–Crippen LogP) is 3.30. The number of ether oxygens (including phenoxy) is 1. The minimum atomic E-state index is -3.78. The Kier molecular flexibility index (Phi) is 6.48. The molecule has 3 aromatic rings. The van der Waals surface area contributed by atoms with Crippen molar-refractivity contribution in [1.82, 2.24) is 4.57 Å². The lowest BCUT2D eigenvalue weighted by Gasteiger charge is -2.10. The molecular formula is C23H22N4O4S. The Hall–Kier alpha value is -3.87. The average Bonchev–Trinajstić information content (AvgIpc) is 3.04. The van der Waals surface area contributed by atoms with Gasteiger partial charge in [0.2, 0.25) is 10.0 Å². The number of primary sulfonamides is 1. The van der Waals surface area contributed by atoms with Crippen molar-refractivity contribution in [2.45, 2.75) is 18.7 Å². The lowest BCUT2D eigenvalue weighted by Crippen LogP contribution is -2.13. The summed E-state index contributed by atoms with van der Waals surface area (Å²) in [5.74, 6) is 0.0466. The van der Waals surface area contributed by atoms with Gasteiger partial charge < -0.3 is 14.6 Å². The molecule has 1 aromatic heterocycles. The number of carbonyl (C=O) groups is 1. The van der Waals surface area contributed by atoms with Crippen LogP contribution in [0.15, 0.2) is 65.1 Å². The number of anilines is 1. The van der Waals surface area contributed by atoms with Gasteiger partial charge in [0.1, 0.15) is 17.4 Å². The Balaban J connectivity index is 1.92. The summed E-state index contributed by atoms with van der Waals surface area (Å²) < 4.78 is 30.0. The Morgan fingerprint density at radius 2 is 1.84 bits per heavy atom. The zero-order valence-electron chi connectivity index (χ0n) is 17.8. The average molecular weight is 451 g/mol. The van der Waals surface area contributed by atoms with E-state index in [4.69, 9.17) is 9.88 Å². The monoisotopic (exact) mass is 450 g/mol. The number of nitrogens with one attached hydrogen (secondary N) is 1. The van der Waals surface area contributed by atoms with Gasteiger partial charge in [0.05, 0.1) is 12.0 Å². The van der Waals surface area contributed by atoms with Gasteiger partial charge in [-0.15, -0.1) is 0 Å². The maximum atomic E-state index is 12.6. The molecule has 164 valence electrons. The summed E-state index contributed by atoms with van der Waals surface area (Å²) in [6.07, 6.45) is 1.52. The summed E-state index contributed by atoms with van der Waals surface area (Å²) >= 11 is 0. The van der Waals surface area contributed by atoms with E-state index in [1.807, 2.05) is 30.6 Å². The molecule has 0 atom stereocenters. The lowest BCUT2D eigenvalue weighted by molar-refractivity contribution is -0.112. The van der Waals surface area contributed by atoms with Crippen molar-refractivity contribution in [3.8, 4) is 17.5 Å². The van der Waals surface area contributed by atoms with E-state index in [2.05, 4.69) is 5.32 Å². The third kappa shape index (κ3) is 4.88. The number of aromatic nitrogens is 1. The van der Waals surface area contributed by atoms with Gasteiger partial charge in [0.25, 0.3) is 5.91 Å². The van der Waals surface area contributed by atoms with Crippen LogP contribution in [-0.4, -0.2) is 26.0 Å². The van der Waals surface area contributed by atoms with E-state index in [0.717, 1.165) is 17.1 Å². The van der Waals surface area contributed by atoms with E-state index in [1.165, 1.54) is 25.3 Å². The zero-order chi connectivity index (χ0) is 23.5. The number of nitrogens with zero attached hydrogens (tertiary/aromatic N) is 2. The second-order valence-electron chi connectivity index (χ2n) is 7.06. The van der Waals surface area contributed by atoms with Crippen molar-refractivity contribution in [1.29, 1.82) is 5.26 Å².